The molecule has 0 unspecified atom stereocenters. The summed E-state index contributed by atoms with van der Waals surface area (Å²) in [7, 11) is 3.77. The van der Waals surface area contributed by atoms with Crippen LogP contribution in [-0.2, 0) is 13.2 Å². The molecule has 0 aliphatic heterocycles. The van der Waals surface area contributed by atoms with Gasteiger partial charge in [0.1, 0.15) is 5.75 Å². The summed E-state index contributed by atoms with van der Waals surface area (Å²) in [6.07, 6.45) is -1.78. The fraction of sp³-hybridized carbons (Fsp3) is 0.391. The normalized spacial score (nSPS) is 12.2. The van der Waals surface area contributed by atoms with E-state index in [0.717, 1.165) is 39.9 Å². The van der Waals surface area contributed by atoms with Gasteiger partial charge in [-0.25, -0.2) is 0 Å². The molecular formula is C23H29F3N2O2. The molecule has 0 aliphatic rings. The summed E-state index contributed by atoms with van der Waals surface area (Å²) >= 11 is 0. The average Bonchev–Trinajstić information content (AvgIpc) is 2.68. The van der Waals surface area contributed by atoms with Crippen molar-refractivity contribution in [3.8, 4) is 16.9 Å². The van der Waals surface area contributed by atoms with Crippen molar-refractivity contribution in [1.29, 1.82) is 0 Å². The van der Waals surface area contributed by atoms with Crippen molar-refractivity contribution in [3.63, 3.8) is 0 Å². The number of hydrogen-bond donors (Lipinski definition) is 2. The van der Waals surface area contributed by atoms with Crippen molar-refractivity contribution in [1.82, 2.24) is 5.32 Å². The number of alkyl halides is 3. The van der Waals surface area contributed by atoms with E-state index < -0.39 is 6.36 Å². The van der Waals surface area contributed by atoms with Crippen LogP contribution < -0.4 is 15.0 Å². The predicted octanol–water partition coefficient (Wildman–Crippen LogP) is 5.52. The van der Waals surface area contributed by atoms with Crippen LogP contribution in [0.5, 0.6) is 5.75 Å². The first-order chi connectivity index (χ1) is 14.1. The molecule has 0 atom stereocenters. The first kappa shape index (κ1) is 23.8. The number of rotatable bonds is 8. The van der Waals surface area contributed by atoms with Crippen molar-refractivity contribution in [2.24, 2.45) is 0 Å². The van der Waals surface area contributed by atoms with Gasteiger partial charge in [-0.15, -0.1) is 13.2 Å². The lowest BCUT2D eigenvalue weighted by Gasteiger charge is -2.26. The number of hydrogen-bond acceptors (Lipinski definition) is 4. The molecule has 0 saturated carbocycles. The lowest BCUT2D eigenvalue weighted by atomic mass is 9.91. The summed E-state index contributed by atoms with van der Waals surface area (Å²) in [5.41, 5.74) is 6.44. The van der Waals surface area contributed by atoms with Crippen LogP contribution in [0.4, 0.5) is 18.9 Å². The highest BCUT2D eigenvalue weighted by Gasteiger charge is 2.31. The van der Waals surface area contributed by atoms with Gasteiger partial charge in [0.2, 0.25) is 0 Å². The second-order valence-corrected chi connectivity index (χ2v) is 7.24. The minimum absolute atomic E-state index is 0.116. The summed E-state index contributed by atoms with van der Waals surface area (Å²) in [5.74, 6) is -0.259. The first-order valence-corrected chi connectivity index (χ1v) is 9.78. The van der Waals surface area contributed by atoms with Crippen LogP contribution in [-0.4, -0.2) is 25.6 Å². The number of aliphatic hydroxyl groups is 1. The second-order valence-electron chi connectivity index (χ2n) is 7.24. The molecule has 2 aromatic carbocycles. The van der Waals surface area contributed by atoms with Gasteiger partial charge >= 0.3 is 6.36 Å². The molecule has 164 valence electrons. The fourth-order valence-electron chi connectivity index (χ4n) is 3.50. The maximum absolute atomic E-state index is 12.5. The van der Waals surface area contributed by atoms with Crippen molar-refractivity contribution >= 4 is 5.69 Å². The summed E-state index contributed by atoms with van der Waals surface area (Å²) < 4.78 is 41.4. The number of nitrogens with one attached hydrogen (secondary N) is 1. The zero-order chi connectivity index (χ0) is 22.5. The Morgan fingerprint density at radius 1 is 1.23 bits per heavy atom. The number of allylic oxidation sites excluding steroid dienone is 1. The Bertz CT molecular complexity index is 891. The third-order valence-electron chi connectivity index (χ3n) is 5.00. The highest BCUT2D eigenvalue weighted by Crippen LogP contribution is 2.37. The summed E-state index contributed by atoms with van der Waals surface area (Å²) in [5, 5.41) is 13.2. The van der Waals surface area contributed by atoms with Gasteiger partial charge in [0.05, 0.1) is 6.61 Å². The van der Waals surface area contributed by atoms with E-state index in [-0.39, 0.29) is 12.4 Å². The number of nitrogens with zero attached hydrogens (tertiary/aromatic N) is 1. The van der Waals surface area contributed by atoms with E-state index in [1.54, 1.807) is 12.1 Å². The monoisotopic (exact) mass is 422 g/mol. The molecule has 0 bridgehead atoms. The number of aliphatic hydroxyl groups excluding tert-OH is 1. The van der Waals surface area contributed by atoms with Crippen LogP contribution in [0.25, 0.3) is 11.1 Å². The van der Waals surface area contributed by atoms with Gasteiger partial charge in [-0.05, 0) is 67.8 Å². The molecule has 0 spiro atoms. The SMILES string of the molecule is CC/C(C)=C/N(C)c1c(C)c(-c2ccc(OC(F)(F)F)cc2)cc(CNC)c1CO. The Morgan fingerprint density at radius 2 is 1.87 bits per heavy atom. The van der Waals surface area contributed by atoms with Crippen molar-refractivity contribution in [2.45, 2.75) is 46.7 Å². The molecule has 0 heterocycles. The predicted molar refractivity (Wildman–Crippen MR) is 114 cm³/mol. The van der Waals surface area contributed by atoms with E-state index in [4.69, 9.17) is 0 Å². The molecule has 7 heteroatoms. The van der Waals surface area contributed by atoms with Crippen LogP contribution in [0, 0.1) is 6.92 Å². The van der Waals surface area contributed by atoms with E-state index in [1.165, 1.54) is 17.7 Å². The van der Waals surface area contributed by atoms with Gasteiger partial charge in [-0.2, -0.15) is 0 Å². The largest absolute Gasteiger partial charge is 0.573 e. The Labute approximate surface area is 176 Å². The molecule has 0 aliphatic carbocycles. The zero-order valence-electron chi connectivity index (χ0n) is 18.0. The van der Waals surface area contributed by atoms with Crippen LogP contribution in [0.3, 0.4) is 0 Å². The highest BCUT2D eigenvalue weighted by molar-refractivity contribution is 5.78. The molecule has 2 rings (SSSR count). The van der Waals surface area contributed by atoms with E-state index in [0.29, 0.717) is 6.54 Å². The minimum atomic E-state index is -4.72. The van der Waals surface area contributed by atoms with E-state index >= 15 is 0 Å². The van der Waals surface area contributed by atoms with Crippen LogP contribution >= 0.6 is 0 Å². The maximum atomic E-state index is 12.5. The molecule has 0 aromatic heterocycles. The number of halogens is 3. The summed E-state index contributed by atoms with van der Waals surface area (Å²) in [6, 6.07) is 7.82. The Morgan fingerprint density at radius 3 is 2.37 bits per heavy atom. The maximum Gasteiger partial charge on any atom is 0.573 e. The molecule has 0 radical (unpaired) electrons. The van der Waals surface area contributed by atoms with E-state index in [2.05, 4.69) is 17.0 Å². The van der Waals surface area contributed by atoms with E-state index in [9.17, 15) is 18.3 Å². The second kappa shape index (κ2) is 10.00. The Kier molecular flexibility index (Phi) is 7.92. The fourth-order valence-corrected chi connectivity index (χ4v) is 3.50. The third kappa shape index (κ3) is 5.77. The summed E-state index contributed by atoms with van der Waals surface area (Å²) in [4.78, 5) is 2.00. The standard InChI is InChI=1S/C23H29F3N2O2/c1-6-15(2)13-28(5)22-16(3)20(11-18(12-27-4)21(22)14-29)17-7-9-19(10-8-17)30-23(24,25)26/h7-11,13,27,29H,6,12,14H2,1-5H3/b15-13+. The van der Waals surface area contributed by atoms with Crippen molar-refractivity contribution < 1.29 is 23.0 Å². The van der Waals surface area contributed by atoms with Gasteiger partial charge in [-0.1, -0.05) is 24.6 Å². The van der Waals surface area contributed by atoms with Crippen LogP contribution in [0.1, 0.15) is 37.0 Å². The molecule has 0 amide bonds. The quantitative estimate of drug-likeness (QED) is 0.588. The lowest BCUT2D eigenvalue weighted by molar-refractivity contribution is -0.274. The molecule has 2 N–H and O–H groups in total. The van der Waals surface area contributed by atoms with Crippen LogP contribution in [0.15, 0.2) is 42.1 Å². The number of anilines is 1. The summed E-state index contributed by atoms with van der Waals surface area (Å²) in [6.45, 7) is 6.51. The molecule has 2 aromatic rings. The van der Waals surface area contributed by atoms with Gasteiger partial charge < -0.3 is 20.1 Å². The first-order valence-electron chi connectivity index (χ1n) is 9.78. The topological polar surface area (TPSA) is 44.7 Å². The van der Waals surface area contributed by atoms with Gasteiger partial charge in [0, 0.05) is 31.0 Å². The third-order valence-corrected chi connectivity index (χ3v) is 5.00. The van der Waals surface area contributed by atoms with Crippen molar-refractivity contribution in [2.75, 3.05) is 19.0 Å². The lowest BCUT2D eigenvalue weighted by Crippen LogP contribution is -2.17. The van der Waals surface area contributed by atoms with Crippen LogP contribution in [0.2, 0.25) is 0 Å². The minimum Gasteiger partial charge on any atom is -0.406 e. The molecule has 30 heavy (non-hydrogen) atoms. The Hall–Kier alpha value is -2.51. The van der Waals surface area contributed by atoms with Crippen molar-refractivity contribution in [3.05, 3.63) is 58.8 Å². The Balaban J connectivity index is 2.62. The zero-order valence-corrected chi connectivity index (χ0v) is 18.0. The number of ether oxygens (including phenoxy) is 1. The molecule has 4 nitrogen and oxygen atoms in total. The smallest absolute Gasteiger partial charge is 0.406 e. The average molecular weight is 422 g/mol. The molecule has 0 saturated heterocycles. The number of benzene rings is 2. The molecular weight excluding hydrogens is 393 g/mol. The van der Waals surface area contributed by atoms with Gasteiger partial charge in [0.25, 0.3) is 0 Å². The van der Waals surface area contributed by atoms with Gasteiger partial charge in [-0.3, -0.25) is 0 Å². The van der Waals surface area contributed by atoms with Gasteiger partial charge in [0.15, 0.2) is 0 Å². The van der Waals surface area contributed by atoms with E-state index in [1.807, 2.05) is 45.1 Å². The molecule has 0 fully saturated rings. The highest BCUT2D eigenvalue weighted by atomic mass is 19.4.